The second-order valence-electron chi connectivity index (χ2n) is 5.19. The first kappa shape index (κ1) is 13.5. The lowest BCUT2D eigenvalue weighted by molar-refractivity contribution is -0.176. The molecule has 3 rings (SSSR count). The number of rotatable bonds is 2. The SMILES string of the molecule is O=C1c2ccccc2CN1[C@@H]1COC(CO)C(O)C1O. The lowest BCUT2D eigenvalue weighted by Gasteiger charge is -2.40. The average Bonchev–Trinajstić information content (AvgIpc) is 2.80. The third kappa shape index (κ3) is 2.01. The van der Waals surface area contributed by atoms with Crippen molar-refractivity contribution in [2.75, 3.05) is 13.2 Å². The highest BCUT2D eigenvalue weighted by Crippen LogP contribution is 2.28. The maximum Gasteiger partial charge on any atom is 0.254 e. The van der Waals surface area contributed by atoms with Gasteiger partial charge in [-0.3, -0.25) is 4.79 Å². The van der Waals surface area contributed by atoms with E-state index in [4.69, 9.17) is 9.84 Å². The van der Waals surface area contributed by atoms with E-state index in [9.17, 15) is 15.0 Å². The molecule has 1 aromatic carbocycles. The Bertz CT molecular complexity index is 520. The highest BCUT2D eigenvalue weighted by molar-refractivity contribution is 5.98. The number of ether oxygens (including phenoxy) is 1. The Morgan fingerprint density at radius 2 is 2.00 bits per heavy atom. The third-order valence-electron chi connectivity index (χ3n) is 4.04. The van der Waals surface area contributed by atoms with Crippen LogP contribution in [0.2, 0.25) is 0 Å². The molecule has 1 fully saturated rings. The summed E-state index contributed by atoms with van der Waals surface area (Å²) < 4.78 is 5.33. The molecular formula is C14H17NO5. The number of hydrogen-bond acceptors (Lipinski definition) is 5. The van der Waals surface area contributed by atoms with Crippen molar-refractivity contribution in [2.45, 2.75) is 30.9 Å². The molecular weight excluding hydrogens is 262 g/mol. The van der Waals surface area contributed by atoms with E-state index in [2.05, 4.69) is 0 Å². The van der Waals surface area contributed by atoms with Crippen LogP contribution in [-0.4, -0.2) is 63.7 Å². The van der Waals surface area contributed by atoms with E-state index in [0.29, 0.717) is 12.1 Å². The number of carbonyl (C=O) groups is 1. The Labute approximate surface area is 116 Å². The maximum atomic E-state index is 12.3. The predicted octanol–water partition coefficient (Wildman–Crippen LogP) is -0.876. The van der Waals surface area contributed by atoms with Gasteiger partial charge >= 0.3 is 0 Å². The van der Waals surface area contributed by atoms with Gasteiger partial charge in [-0.15, -0.1) is 0 Å². The molecule has 4 atom stereocenters. The van der Waals surface area contributed by atoms with E-state index in [0.717, 1.165) is 5.56 Å². The Kier molecular flexibility index (Phi) is 3.47. The van der Waals surface area contributed by atoms with Crippen molar-refractivity contribution in [3.05, 3.63) is 35.4 Å². The first-order valence-electron chi connectivity index (χ1n) is 6.61. The summed E-state index contributed by atoms with van der Waals surface area (Å²) in [6, 6.07) is 6.68. The van der Waals surface area contributed by atoms with Crippen LogP contribution in [-0.2, 0) is 11.3 Å². The Morgan fingerprint density at radius 1 is 1.25 bits per heavy atom. The van der Waals surface area contributed by atoms with Gasteiger partial charge < -0.3 is 25.0 Å². The zero-order valence-electron chi connectivity index (χ0n) is 10.8. The van der Waals surface area contributed by atoms with Crippen LogP contribution in [0, 0.1) is 0 Å². The van der Waals surface area contributed by atoms with E-state index in [1.54, 1.807) is 12.1 Å². The van der Waals surface area contributed by atoms with Gasteiger partial charge in [0.1, 0.15) is 18.3 Å². The molecule has 20 heavy (non-hydrogen) atoms. The Morgan fingerprint density at radius 3 is 2.70 bits per heavy atom. The molecule has 2 heterocycles. The minimum atomic E-state index is -1.20. The second-order valence-corrected chi connectivity index (χ2v) is 5.19. The number of amides is 1. The molecule has 2 aliphatic rings. The average molecular weight is 279 g/mol. The fourth-order valence-corrected chi connectivity index (χ4v) is 2.85. The van der Waals surface area contributed by atoms with Crippen molar-refractivity contribution in [2.24, 2.45) is 0 Å². The summed E-state index contributed by atoms with van der Waals surface area (Å²) in [6.45, 7) is 0.138. The molecule has 2 aliphatic heterocycles. The maximum absolute atomic E-state index is 12.3. The summed E-state index contributed by atoms with van der Waals surface area (Å²) in [7, 11) is 0. The number of hydrogen-bond donors (Lipinski definition) is 3. The minimum Gasteiger partial charge on any atom is -0.394 e. The predicted molar refractivity (Wildman–Crippen MR) is 68.9 cm³/mol. The van der Waals surface area contributed by atoms with Gasteiger partial charge in [0.15, 0.2) is 0 Å². The molecule has 0 radical (unpaired) electrons. The molecule has 6 heteroatoms. The van der Waals surface area contributed by atoms with Crippen molar-refractivity contribution >= 4 is 5.91 Å². The normalized spacial score (nSPS) is 33.4. The van der Waals surface area contributed by atoms with Crippen LogP contribution in [0.15, 0.2) is 24.3 Å². The van der Waals surface area contributed by atoms with Crippen LogP contribution in [0.3, 0.4) is 0 Å². The smallest absolute Gasteiger partial charge is 0.254 e. The standard InChI is InChI=1S/C14H17NO5/c16-6-11-13(18)12(17)10(7-20-11)15-5-8-3-1-2-4-9(8)14(15)19/h1-4,10-13,16-18H,5-7H2/t10-,11?,12?,13?/m1/s1. The molecule has 0 aromatic heterocycles. The van der Waals surface area contributed by atoms with E-state index in [1.807, 2.05) is 12.1 Å². The quantitative estimate of drug-likeness (QED) is 0.654. The lowest BCUT2D eigenvalue weighted by atomic mass is 9.97. The first-order valence-corrected chi connectivity index (χ1v) is 6.61. The largest absolute Gasteiger partial charge is 0.394 e. The molecule has 3 N–H and O–H groups in total. The molecule has 3 unspecified atom stereocenters. The fourth-order valence-electron chi connectivity index (χ4n) is 2.85. The topological polar surface area (TPSA) is 90.2 Å². The molecule has 0 aliphatic carbocycles. The van der Waals surface area contributed by atoms with Crippen LogP contribution >= 0.6 is 0 Å². The van der Waals surface area contributed by atoms with Crippen molar-refractivity contribution in [3.8, 4) is 0 Å². The van der Waals surface area contributed by atoms with E-state index >= 15 is 0 Å². The van der Waals surface area contributed by atoms with Gasteiger partial charge in [-0.05, 0) is 11.6 Å². The third-order valence-corrected chi connectivity index (χ3v) is 4.04. The van der Waals surface area contributed by atoms with Crippen molar-refractivity contribution in [1.82, 2.24) is 4.90 Å². The first-order chi connectivity index (χ1) is 9.63. The molecule has 0 saturated carbocycles. The van der Waals surface area contributed by atoms with Crippen molar-refractivity contribution < 1.29 is 24.9 Å². The summed E-state index contributed by atoms with van der Waals surface area (Å²) in [5, 5.41) is 29.1. The molecule has 1 saturated heterocycles. The summed E-state index contributed by atoms with van der Waals surface area (Å²) in [5.74, 6) is -0.164. The number of nitrogens with zero attached hydrogens (tertiary/aromatic N) is 1. The fraction of sp³-hybridized carbons (Fsp3) is 0.500. The summed E-state index contributed by atoms with van der Waals surface area (Å²) >= 11 is 0. The molecule has 1 amide bonds. The minimum absolute atomic E-state index is 0.100. The van der Waals surface area contributed by atoms with Gasteiger partial charge in [0, 0.05) is 12.1 Å². The zero-order chi connectivity index (χ0) is 14.3. The van der Waals surface area contributed by atoms with Gasteiger partial charge in [-0.2, -0.15) is 0 Å². The van der Waals surface area contributed by atoms with Crippen LogP contribution in [0.5, 0.6) is 0 Å². The van der Waals surface area contributed by atoms with Crippen LogP contribution < -0.4 is 0 Å². The monoisotopic (exact) mass is 279 g/mol. The van der Waals surface area contributed by atoms with E-state index in [-0.39, 0.29) is 19.1 Å². The molecule has 0 bridgehead atoms. The Hall–Kier alpha value is -1.47. The van der Waals surface area contributed by atoms with E-state index < -0.39 is 24.4 Å². The number of carbonyl (C=O) groups excluding carboxylic acids is 1. The molecule has 6 nitrogen and oxygen atoms in total. The highest BCUT2D eigenvalue weighted by atomic mass is 16.5. The summed E-state index contributed by atoms with van der Waals surface area (Å²) in [5.41, 5.74) is 1.53. The Balaban J connectivity index is 1.80. The van der Waals surface area contributed by atoms with E-state index in [1.165, 1.54) is 4.90 Å². The van der Waals surface area contributed by atoms with Gasteiger partial charge in [0.2, 0.25) is 0 Å². The number of benzene rings is 1. The molecule has 1 aromatic rings. The zero-order valence-corrected chi connectivity index (χ0v) is 10.8. The van der Waals surface area contributed by atoms with Gasteiger partial charge in [0.05, 0.1) is 19.3 Å². The van der Waals surface area contributed by atoms with Crippen LogP contribution in [0.1, 0.15) is 15.9 Å². The van der Waals surface area contributed by atoms with Gasteiger partial charge in [-0.1, -0.05) is 18.2 Å². The number of fused-ring (bicyclic) bond motifs is 1. The second kappa shape index (κ2) is 5.14. The van der Waals surface area contributed by atoms with Crippen molar-refractivity contribution in [3.63, 3.8) is 0 Å². The van der Waals surface area contributed by atoms with Crippen LogP contribution in [0.4, 0.5) is 0 Å². The lowest BCUT2D eigenvalue weighted by Crippen LogP contribution is -2.60. The number of aliphatic hydroxyl groups excluding tert-OH is 3. The summed E-state index contributed by atoms with van der Waals surface area (Å²) in [6.07, 6.45) is -3.13. The summed E-state index contributed by atoms with van der Waals surface area (Å²) in [4.78, 5) is 13.8. The highest BCUT2D eigenvalue weighted by Gasteiger charge is 2.44. The molecule has 108 valence electrons. The van der Waals surface area contributed by atoms with Gasteiger partial charge in [-0.25, -0.2) is 0 Å². The van der Waals surface area contributed by atoms with Crippen molar-refractivity contribution in [1.29, 1.82) is 0 Å². The van der Waals surface area contributed by atoms with Crippen LogP contribution in [0.25, 0.3) is 0 Å². The number of aliphatic hydroxyl groups is 3. The molecule has 0 spiro atoms. The van der Waals surface area contributed by atoms with Gasteiger partial charge in [0.25, 0.3) is 5.91 Å².